The molecule has 0 aliphatic rings. The number of rotatable bonds is 7. The lowest BCUT2D eigenvalue weighted by molar-refractivity contribution is 0.445. The maximum Gasteiger partial charge on any atom is 0.244 e. The Morgan fingerprint density at radius 1 is 1.12 bits per heavy atom. The monoisotopic (exact) mass is 360 g/mol. The summed E-state index contributed by atoms with van der Waals surface area (Å²) in [5.74, 6) is 0.491. The Labute approximate surface area is 149 Å². The van der Waals surface area contributed by atoms with Gasteiger partial charge >= 0.3 is 0 Å². The van der Waals surface area contributed by atoms with Crippen molar-refractivity contribution in [2.45, 2.75) is 32.6 Å². The van der Waals surface area contributed by atoms with Gasteiger partial charge in [-0.3, -0.25) is 5.43 Å². The fraction of sp³-hybridized carbons (Fsp3) is 0.333. The maximum atomic E-state index is 12.4. The van der Waals surface area contributed by atoms with Gasteiger partial charge in [0.1, 0.15) is 10.7 Å². The van der Waals surface area contributed by atoms with Crippen LogP contribution in [-0.2, 0) is 10.0 Å². The third kappa shape index (κ3) is 4.64. The number of pyridine rings is 1. The molecule has 0 atom stereocenters. The molecule has 1 aromatic carbocycles. The van der Waals surface area contributed by atoms with Crippen molar-refractivity contribution in [3.63, 3.8) is 0 Å². The smallest absolute Gasteiger partial charge is 0.244 e. The van der Waals surface area contributed by atoms with Crippen LogP contribution in [-0.4, -0.2) is 36.5 Å². The zero-order valence-corrected chi connectivity index (χ0v) is 15.8. The molecule has 0 unspecified atom stereocenters. The van der Waals surface area contributed by atoms with E-state index in [-0.39, 0.29) is 4.90 Å². The van der Waals surface area contributed by atoms with Crippen molar-refractivity contribution in [1.29, 1.82) is 0 Å². The number of nitrogens with zero attached hydrogens (tertiary/aromatic N) is 3. The highest BCUT2D eigenvalue weighted by Crippen LogP contribution is 2.16. The van der Waals surface area contributed by atoms with Crippen LogP contribution in [0.2, 0.25) is 0 Å². The Hall–Kier alpha value is -2.25. The average Bonchev–Trinajstić information content (AvgIpc) is 2.61. The molecular formula is C18H24N4O2S. The van der Waals surface area contributed by atoms with Gasteiger partial charge in [0.05, 0.1) is 5.71 Å². The molecule has 2 rings (SSSR count). The zero-order chi connectivity index (χ0) is 18.4. The molecule has 0 radical (unpaired) electrons. The minimum atomic E-state index is -3.49. The molecule has 1 aromatic heterocycles. The van der Waals surface area contributed by atoms with E-state index in [2.05, 4.69) is 15.5 Å². The highest BCUT2D eigenvalue weighted by molar-refractivity contribution is 7.89. The van der Waals surface area contributed by atoms with Gasteiger partial charge in [-0.15, -0.1) is 0 Å². The number of hydrogen-bond acceptors (Lipinski definition) is 5. The highest BCUT2D eigenvalue weighted by Gasteiger charge is 2.21. The maximum absolute atomic E-state index is 12.4. The molecule has 0 spiro atoms. The van der Waals surface area contributed by atoms with Gasteiger partial charge in [-0.05, 0) is 31.5 Å². The van der Waals surface area contributed by atoms with Crippen LogP contribution in [0.25, 0.3) is 0 Å². The van der Waals surface area contributed by atoms with Crippen LogP contribution < -0.4 is 5.43 Å². The Bertz CT molecular complexity index is 824. The highest BCUT2D eigenvalue weighted by atomic mass is 32.2. The van der Waals surface area contributed by atoms with Gasteiger partial charge in [-0.1, -0.05) is 43.7 Å². The topological polar surface area (TPSA) is 74.7 Å². The zero-order valence-electron chi connectivity index (χ0n) is 15.0. The second-order valence-electron chi connectivity index (χ2n) is 5.64. The van der Waals surface area contributed by atoms with E-state index in [0.717, 1.165) is 11.3 Å². The number of aromatic nitrogens is 1. The Balaban J connectivity index is 2.12. The first-order chi connectivity index (χ1) is 11.9. The van der Waals surface area contributed by atoms with Crippen molar-refractivity contribution in [2.24, 2.45) is 5.10 Å². The molecule has 7 heteroatoms. The van der Waals surface area contributed by atoms with E-state index >= 15 is 0 Å². The van der Waals surface area contributed by atoms with E-state index < -0.39 is 10.0 Å². The van der Waals surface area contributed by atoms with Crippen molar-refractivity contribution < 1.29 is 8.42 Å². The van der Waals surface area contributed by atoms with Gasteiger partial charge in [-0.25, -0.2) is 13.4 Å². The predicted molar refractivity (Wildman–Crippen MR) is 101 cm³/mol. The van der Waals surface area contributed by atoms with E-state index in [4.69, 9.17) is 0 Å². The Kier molecular flexibility index (Phi) is 6.27. The quantitative estimate of drug-likeness (QED) is 0.607. The molecule has 1 N–H and O–H groups in total. The second-order valence-corrected chi connectivity index (χ2v) is 7.58. The Morgan fingerprint density at radius 2 is 1.76 bits per heavy atom. The normalized spacial score (nSPS) is 12.4. The third-order valence-corrected chi connectivity index (χ3v) is 5.92. The molecule has 0 saturated carbocycles. The third-order valence-electron chi connectivity index (χ3n) is 3.89. The van der Waals surface area contributed by atoms with Gasteiger partial charge in [0.25, 0.3) is 0 Å². The summed E-state index contributed by atoms with van der Waals surface area (Å²) >= 11 is 0. The van der Waals surface area contributed by atoms with Gasteiger partial charge in [0, 0.05) is 19.3 Å². The number of hydrogen-bond donors (Lipinski definition) is 1. The molecule has 0 amide bonds. The van der Waals surface area contributed by atoms with E-state index in [0.29, 0.717) is 18.9 Å². The molecule has 0 aliphatic heterocycles. The first-order valence-electron chi connectivity index (χ1n) is 8.22. The SMILES string of the molecule is CCN(CC)S(=O)(=O)c1ccc(NN=C(C)c2ccc(C)cc2)nc1. The fourth-order valence-corrected chi connectivity index (χ4v) is 3.72. The average molecular weight is 360 g/mol. The molecule has 1 heterocycles. The van der Waals surface area contributed by atoms with Crippen molar-refractivity contribution in [3.05, 3.63) is 53.7 Å². The summed E-state index contributed by atoms with van der Waals surface area (Å²) < 4.78 is 26.2. The number of benzene rings is 1. The lowest BCUT2D eigenvalue weighted by atomic mass is 10.1. The number of nitrogens with one attached hydrogen (secondary N) is 1. The van der Waals surface area contributed by atoms with Crippen molar-refractivity contribution in [1.82, 2.24) is 9.29 Å². The molecule has 134 valence electrons. The molecule has 0 aliphatic carbocycles. The molecule has 25 heavy (non-hydrogen) atoms. The lowest BCUT2D eigenvalue weighted by Crippen LogP contribution is -2.30. The first kappa shape index (κ1) is 19.1. The summed E-state index contributed by atoms with van der Waals surface area (Å²) in [5.41, 5.74) is 5.89. The summed E-state index contributed by atoms with van der Waals surface area (Å²) in [7, 11) is -3.49. The predicted octanol–water partition coefficient (Wildman–Crippen LogP) is 3.26. The second kappa shape index (κ2) is 8.22. The summed E-state index contributed by atoms with van der Waals surface area (Å²) in [4.78, 5) is 4.33. The standard InChI is InChI=1S/C18H24N4O2S/c1-5-22(6-2)25(23,24)17-11-12-18(19-13-17)21-20-15(4)16-9-7-14(3)8-10-16/h7-13H,5-6H2,1-4H3,(H,19,21). The number of anilines is 1. The summed E-state index contributed by atoms with van der Waals surface area (Å²) in [5, 5.41) is 4.30. The fourth-order valence-electron chi connectivity index (χ4n) is 2.31. The van der Waals surface area contributed by atoms with Crippen LogP contribution in [0.5, 0.6) is 0 Å². The molecule has 2 aromatic rings. The van der Waals surface area contributed by atoms with E-state index in [1.54, 1.807) is 12.1 Å². The van der Waals surface area contributed by atoms with E-state index in [1.165, 1.54) is 16.1 Å². The van der Waals surface area contributed by atoms with Crippen LogP contribution in [0.1, 0.15) is 31.9 Å². The van der Waals surface area contributed by atoms with Gasteiger partial charge in [0.2, 0.25) is 10.0 Å². The number of sulfonamides is 1. The Morgan fingerprint density at radius 3 is 2.28 bits per heavy atom. The van der Waals surface area contributed by atoms with Crippen LogP contribution in [0.4, 0.5) is 5.82 Å². The summed E-state index contributed by atoms with van der Waals surface area (Å²) in [6.07, 6.45) is 1.35. The molecule has 6 nitrogen and oxygen atoms in total. The molecular weight excluding hydrogens is 336 g/mol. The lowest BCUT2D eigenvalue weighted by Gasteiger charge is -2.18. The van der Waals surface area contributed by atoms with Crippen molar-refractivity contribution in [3.8, 4) is 0 Å². The number of aryl methyl sites for hydroxylation is 1. The van der Waals surface area contributed by atoms with Crippen molar-refractivity contribution in [2.75, 3.05) is 18.5 Å². The van der Waals surface area contributed by atoms with Crippen LogP contribution in [0, 0.1) is 6.92 Å². The van der Waals surface area contributed by atoms with Crippen LogP contribution in [0.15, 0.2) is 52.6 Å². The first-order valence-corrected chi connectivity index (χ1v) is 9.66. The van der Waals surface area contributed by atoms with E-state index in [1.807, 2.05) is 52.0 Å². The minimum Gasteiger partial charge on any atom is -0.261 e. The summed E-state index contributed by atoms with van der Waals surface area (Å²) in [6.45, 7) is 8.42. The van der Waals surface area contributed by atoms with Crippen LogP contribution >= 0.6 is 0 Å². The minimum absolute atomic E-state index is 0.181. The molecule has 0 fully saturated rings. The molecule has 0 saturated heterocycles. The van der Waals surface area contributed by atoms with E-state index in [9.17, 15) is 8.42 Å². The van der Waals surface area contributed by atoms with Gasteiger partial charge in [0.15, 0.2) is 0 Å². The largest absolute Gasteiger partial charge is 0.261 e. The van der Waals surface area contributed by atoms with Gasteiger partial charge in [-0.2, -0.15) is 9.41 Å². The number of hydrazone groups is 1. The van der Waals surface area contributed by atoms with Crippen molar-refractivity contribution >= 4 is 21.6 Å². The summed E-state index contributed by atoms with van der Waals surface area (Å²) in [6, 6.07) is 11.2. The van der Waals surface area contributed by atoms with Gasteiger partial charge < -0.3 is 0 Å². The molecule has 0 bridgehead atoms. The van der Waals surface area contributed by atoms with Crippen LogP contribution in [0.3, 0.4) is 0 Å².